The molecule has 0 saturated heterocycles. The Kier molecular flexibility index (Phi) is 7.25. The topological polar surface area (TPSA) is 81.7 Å². The molecule has 1 amide bonds. The second-order valence-electron chi connectivity index (χ2n) is 5.64. The monoisotopic (exact) mass is 321 g/mol. The molecule has 0 radical (unpaired) electrons. The van der Waals surface area contributed by atoms with Crippen molar-refractivity contribution in [2.45, 2.75) is 33.8 Å². The van der Waals surface area contributed by atoms with Gasteiger partial charge in [-0.2, -0.15) is 0 Å². The molecule has 6 nitrogen and oxygen atoms in total. The van der Waals surface area contributed by atoms with Gasteiger partial charge in [-0.05, 0) is 44.0 Å². The van der Waals surface area contributed by atoms with Crippen molar-refractivity contribution in [1.29, 1.82) is 0 Å². The van der Waals surface area contributed by atoms with Crippen molar-refractivity contribution in [3.05, 3.63) is 29.8 Å². The molecule has 0 saturated carbocycles. The van der Waals surface area contributed by atoms with Crippen molar-refractivity contribution in [1.82, 2.24) is 5.32 Å². The molecule has 0 bridgehead atoms. The molecule has 126 valence electrons. The Bertz CT molecular complexity index is 551. The highest BCUT2D eigenvalue weighted by Gasteiger charge is 2.18. The summed E-state index contributed by atoms with van der Waals surface area (Å²) in [5.41, 5.74) is 0.565. The summed E-state index contributed by atoms with van der Waals surface area (Å²) in [4.78, 5) is 34.5. The summed E-state index contributed by atoms with van der Waals surface area (Å²) in [6.07, 6.45) is -0.870. The van der Waals surface area contributed by atoms with E-state index < -0.39 is 12.1 Å². The molecule has 0 spiro atoms. The van der Waals surface area contributed by atoms with Crippen LogP contribution < -0.4 is 10.1 Å². The van der Waals surface area contributed by atoms with Crippen LogP contribution in [0.4, 0.5) is 0 Å². The highest BCUT2D eigenvalue weighted by molar-refractivity contribution is 5.94. The molecule has 23 heavy (non-hydrogen) atoms. The molecule has 0 heterocycles. The molecule has 0 aliphatic carbocycles. The van der Waals surface area contributed by atoms with E-state index >= 15 is 0 Å². The minimum atomic E-state index is -0.870. The fourth-order valence-electron chi connectivity index (χ4n) is 1.66. The van der Waals surface area contributed by atoms with Gasteiger partial charge >= 0.3 is 5.97 Å². The van der Waals surface area contributed by atoms with Crippen LogP contribution in [0.1, 0.15) is 38.1 Å². The third kappa shape index (κ3) is 6.95. The highest BCUT2D eigenvalue weighted by Crippen LogP contribution is 2.12. The molecule has 1 N–H and O–H groups in total. The van der Waals surface area contributed by atoms with E-state index in [1.54, 1.807) is 24.3 Å². The number of carbonyl (C=O) groups excluding carboxylic acids is 3. The van der Waals surface area contributed by atoms with E-state index in [1.165, 1.54) is 13.8 Å². The number of rotatable bonds is 8. The first-order chi connectivity index (χ1) is 10.8. The molecule has 0 aliphatic heterocycles. The lowest BCUT2D eigenvalue weighted by molar-refractivity contribution is -0.156. The van der Waals surface area contributed by atoms with Crippen molar-refractivity contribution in [3.8, 4) is 5.75 Å². The second-order valence-corrected chi connectivity index (χ2v) is 5.64. The van der Waals surface area contributed by atoms with Crippen molar-refractivity contribution in [2.75, 3.05) is 13.2 Å². The number of benzene rings is 1. The third-order valence-corrected chi connectivity index (χ3v) is 2.98. The van der Waals surface area contributed by atoms with Gasteiger partial charge in [-0.1, -0.05) is 13.8 Å². The zero-order valence-electron chi connectivity index (χ0n) is 13.9. The standard InChI is InChI=1S/C17H23NO5/c1-11(2)9-18-17(21)13(4)23-16(20)10-22-15-7-5-14(6-8-15)12(3)19/h5-8,11,13H,9-10H2,1-4H3,(H,18,21)/t13-/m0/s1. The van der Waals surface area contributed by atoms with Gasteiger partial charge in [0.25, 0.3) is 5.91 Å². The normalized spacial score (nSPS) is 11.7. The first-order valence-corrected chi connectivity index (χ1v) is 7.50. The van der Waals surface area contributed by atoms with Crippen LogP contribution in [0.15, 0.2) is 24.3 Å². The van der Waals surface area contributed by atoms with Gasteiger partial charge in [0.2, 0.25) is 0 Å². The average Bonchev–Trinajstić information content (AvgIpc) is 2.50. The quantitative estimate of drug-likeness (QED) is 0.585. The van der Waals surface area contributed by atoms with Crippen molar-refractivity contribution < 1.29 is 23.9 Å². The first kappa shape index (κ1) is 18.7. The van der Waals surface area contributed by atoms with Crippen LogP contribution in [0.25, 0.3) is 0 Å². The van der Waals surface area contributed by atoms with Crippen LogP contribution >= 0.6 is 0 Å². The van der Waals surface area contributed by atoms with Crippen LogP contribution in [-0.2, 0) is 14.3 Å². The van der Waals surface area contributed by atoms with Crippen LogP contribution in [-0.4, -0.2) is 36.9 Å². The van der Waals surface area contributed by atoms with Gasteiger partial charge in [0.15, 0.2) is 18.5 Å². The van der Waals surface area contributed by atoms with E-state index in [4.69, 9.17) is 9.47 Å². The Labute approximate surface area is 136 Å². The molecular formula is C17H23NO5. The lowest BCUT2D eigenvalue weighted by atomic mass is 10.1. The largest absolute Gasteiger partial charge is 0.482 e. The molecule has 0 unspecified atom stereocenters. The van der Waals surface area contributed by atoms with Crippen molar-refractivity contribution >= 4 is 17.7 Å². The second kappa shape index (κ2) is 8.92. The highest BCUT2D eigenvalue weighted by atomic mass is 16.6. The smallest absolute Gasteiger partial charge is 0.344 e. The van der Waals surface area contributed by atoms with Gasteiger partial charge in [0.1, 0.15) is 5.75 Å². The van der Waals surface area contributed by atoms with Crippen LogP contribution in [0.2, 0.25) is 0 Å². The molecule has 1 aromatic rings. The maximum absolute atomic E-state index is 11.7. The van der Waals surface area contributed by atoms with Gasteiger partial charge in [-0.3, -0.25) is 9.59 Å². The number of nitrogens with one attached hydrogen (secondary N) is 1. The van der Waals surface area contributed by atoms with E-state index in [0.29, 0.717) is 23.8 Å². The van der Waals surface area contributed by atoms with E-state index in [2.05, 4.69) is 5.32 Å². The summed E-state index contributed by atoms with van der Waals surface area (Å²) in [7, 11) is 0. The van der Waals surface area contributed by atoms with E-state index in [1.807, 2.05) is 13.8 Å². The molecule has 6 heteroatoms. The molecule has 1 rings (SSSR count). The lowest BCUT2D eigenvalue weighted by Crippen LogP contribution is -2.38. The lowest BCUT2D eigenvalue weighted by Gasteiger charge is -2.14. The first-order valence-electron chi connectivity index (χ1n) is 7.50. The van der Waals surface area contributed by atoms with E-state index in [-0.39, 0.29) is 18.3 Å². The minimum Gasteiger partial charge on any atom is -0.482 e. The zero-order valence-corrected chi connectivity index (χ0v) is 13.9. The number of ketones is 1. The zero-order chi connectivity index (χ0) is 17.4. The summed E-state index contributed by atoms with van der Waals surface area (Å²) in [5.74, 6) is -0.241. The van der Waals surface area contributed by atoms with Gasteiger partial charge < -0.3 is 14.8 Å². The number of hydrogen-bond acceptors (Lipinski definition) is 5. The summed E-state index contributed by atoms with van der Waals surface area (Å²) in [5, 5.41) is 2.69. The van der Waals surface area contributed by atoms with Crippen LogP contribution in [0.5, 0.6) is 5.75 Å². The summed E-state index contributed by atoms with van der Waals surface area (Å²) in [6.45, 7) is 7.15. The van der Waals surface area contributed by atoms with Gasteiger partial charge in [-0.15, -0.1) is 0 Å². The summed E-state index contributed by atoms with van der Waals surface area (Å²) >= 11 is 0. The van der Waals surface area contributed by atoms with Crippen molar-refractivity contribution in [3.63, 3.8) is 0 Å². The summed E-state index contributed by atoms with van der Waals surface area (Å²) in [6, 6.07) is 6.43. The third-order valence-electron chi connectivity index (χ3n) is 2.98. The molecule has 0 fully saturated rings. The Balaban J connectivity index is 2.38. The molecular weight excluding hydrogens is 298 g/mol. The van der Waals surface area contributed by atoms with Gasteiger partial charge in [0, 0.05) is 12.1 Å². The Morgan fingerprint density at radius 3 is 2.22 bits per heavy atom. The predicted octanol–water partition coefficient (Wildman–Crippen LogP) is 1.97. The number of carbonyl (C=O) groups is 3. The van der Waals surface area contributed by atoms with Gasteiger partial charge in [-0.25, -0.2) is 4.79 Å². The number of esters is 1. The minimum absolute atomic E-state index is 0.0443. The average molecular weight is 321 g/mol. The fraction of sp³-hybridized carbons (Fsp3) is 0.471. The SMILES string of the molecule is CC(=O)c1ccc(OCC(=O)O[C@@H](C)C(=O)NCC(C)C)cc1. The van der Waals surface area contributed by atoms with E-state index in [0.717, 1.165) is 0 Å². The van der Waals surface area contributed by atoms with Gasteiger partial charge in [0.05, 0.1) is 0 Å². The molecule has 1 atom stereocenters. The van der Waals surface area contributed by atoms with E-state index in [9.17, 15) is 14.4 Å². The molecule has 1 aromatic carbocycles. The Morgan fingerprint density at radius 2 is 1.70 bits per heavy atom. The van der Waals surface area contributed by atoms with Crippen molar-refractivity contribution in [2.24, 2.45) is 5.92 Å². The van der Waals surface area contributed by atoms with Crippen LogP contribution in [0.3, 0.4) is 0 Å². The fourth-order valence-corrected chi connectivity index (χ4v) is 1.66. The Hall–Kier alpha value is -2.37. The summed E-state index contributed by atoms with van der Waals surface area (Å²) < 4.78 is 10.3. The predicted molar refractivity (Wildman–Crippen MR) is 85.3 cm³/mol. The number of ether oxygens (including phenoxy) is 2. The maximum Gasteiger partial charge on any atom is 0.344 e. The van der Waals surface area contributed by atoms with Crippen LogP contribution in [0, 0.1) is 5.92 Å². The number of hydrogen-bond donors (Lipinski definition) is 1. The number of Topliss-reactive ketones (excluding diaryl/α,β-unsaturated/α-hetero) is 1. The maximum atomic E-state index is 11.7. The molecule has 0 aromatic heterocycles. The number of amides is 1. The molecule has 0 aliphatic rings. The Morgan fingerprint density at radius 1 is 1.09 bits per heavy atom.